The van der Waals surface area contributed by atoms with Gasteiger partial charge in [0.1, 0.15) is 11.5 Å². The molecular formula is C16H28NO4P. The average molecular weight is 329 g/mol. The van der Waals surface area contributed by atoms with Crippen molar-refractivity contribution < 1.29 is 18.3 Å². The Labute approximate surface area is 133 Å². The summed E-state index contributed by atoms with van der Waals surface area (Å²) in [6.07, 6.45) is 2.07. The van der Waals surface area contributed by atoms with Gasteiger partial charge in [0.2, 0.25) is 0 Å². The molecule has 1 unspecified atom stereocenters. The molecule has 0 saturated heterocycles. The fourth-order valence-electron chi connectivity index (χ4n) is 2.16. The summed E-state index contributed by atoms with van der Waals surface area (Å²) in [7, 11) is -1.64. The molecule has 1 rings (SSSR count). The number of benzene rings is 1. The zero-order chi connectivity index (χ0) is 16.4. The summed E-state index contributed by atoms with van der Waals surface area (Å²) in [6.45, 7) is 7.22. The normalized spacial score (nSPS) is 13.1. The lowest BCUT2D eigenvalue weighted by molar-refractivity contribution is 0.207. The third-order valence-corrected chi connectivity index (χ3v) is 5.58. The van der Waals surface area contributed by atoms with Gasteiger partial charge in [0.05, 0.1) is 20.3 Å². The first-order valence-electron chi connectivity index (χ1n) is 7.87. The van der Waals surface area contributed by atoms with Gasteiger partial charge in [-0.25, -0.2) is 0 Å². The van der Waals surface area contributed by atoms with E-state index < -0.39 is 13.4 Å². The molecule has 1 atom stereocenters. The third kappa shape index (κ3) is 5.40. The number of hydrogen-bond donors (Lipinski definition) is 1. The topological polar surface area (TPSA) is 56.8 Å². The molecule has 0 amide bonds. The molecule has 0 aliphatic heterocycles. The van der Waals surface area contributed by atoms with Gasteiger partial charge in [0.25, 0.3) is 0 Å². The van der Waals surface area contributed by atoms with E-state index in [1.807, 2.05) is 38.1 Å². The van der Waals surface area contributed by atoms with Crippen molar-refractivity contribution in [3.63, 3.8) is 0 Å². The number of unbranched alkanes of at least 4 members (excludes halogenated alkanes) is 1. The predicted molar refractivity (Wildman–Crippen MR) is 89.5 cm³/mol. The van der Waals surface area contributed by atoms with Crippen LogP contribution in [0.3, 0.4) is 0 Å². The Morgan fingerprint density at radius 3 is 2.14 bits per heavy atom. The molecule has 0 bridgehead atoms. The van der Waals surface area contributed by atoms with Crippen molar-refractivity contribution in [2.45, 2.75) is 39.4 Å². The Balaban J connectivity index is 3.05. The van der Waals surface area contributed by atoms with Crippen molar-refractivity contribution >= 4 is 7.60 Å². The van der Waals surface area contributed by atoms with Crippen molar-refractivity contribution in [1.82, 2.24) is 5.32 Å². The molecular weight excluding hydrogens is 301 g/mol. The van der Waals surface area contributed by atoms with Gasteiger partial charge in [-0.3, -0.25) is 9.88 Å². The van der Waals surface area contributed by atoms with Gasteiger partial charge in [-0.05, 0) is 44.5 Å². The summed E-state index contributed by atoms with van der Waals surface area (Å²) < 4.78 is 29.3. The molecule has 6 heteroatoms. The van der Waals surface area contributed by atoms with Crippen LogP contribution in [0.25, 0.3) is 0 Å². The second kappa shape index (κ2) is 10.0. The third-order valence-electron chi connectivity index (χ3n) is 3.23. The minimum Gasteiger partial charge on any atom is -0.497 e. The average Bonchev–Trinajstić information content (AvgIpc) is 2.52. The van der Waals surface area contributed by atoms with E-state index in [1.54, 1.807) is 7.11 Å². The largest absolute Gasteiger partial charge is 0.497 e. The zero-order valence-electron chi connectivity index (χ0n) is 14.0. The SMILES string of the molecule is CCCCNC(c1ccc(OC)cc1)P(=O)(OCC)OCC. The van der Waals surface area contributed by atoms with E-state index in [9.17, 15) is 4.57 Å². The van der Waals surface area contributed by atoms with E-state index in [4.69, 9.17) is 13.8 Å². The molecule has 0 aliphatic carbocycles. The van der Waals surface area contributed by atoms with Crippen molar-refractivity contribution in [1.29, 1.82) is 0 Å². The van der Waals surface area contributed by atoms with Crippen molar-refractivity contribution in [3.8, 4) is 5.75 Å². The van der Waals surface area contributed by atoms with Crippen LogP contribution < -0.4 is 10.1 Å². The van der Waals surface area contributed by atoms with Gasteiger partial charge in [0, 0.05) is 0 Å². The summed E-state index contributed by atoms with van der Waals surface area (Å²) in [6, 6.07) is 7.50. The van der Waals surface area contributed by atoms with Crippen molar-refractivity contribution in [3.05, 3.63) is 29.8 Å². The molecule has 5 nitrogen and oxygen atoms in total. The molecule has 0 fully saturated rings. The Morgan fingerprint density at radius 1 is 1.09 bits per heavy atom. The molecule has 22 heavy (non-hydrogen) atoms. The predicted octanol–water partition coefficient (Wildman–Crippen LogP) is 4.35. The highest BCUT2D eigenvalue weighted by molar-refractivity contribution is 7.54. The molecule has 126 valence electrons. The highest BCUT2D eigenvalue weighted by atomic mass is 31.2. The van der Waals surface area contributed by atoms with Crippen LogP contribution in [0.2, 0.25) is 0 Å². The second-order valence-corrected chi connectivity index (χ2v) is 6.97. The molecule has 1 aromatic carbocycles. The zero-order valence-corrected chi connectivity index (χ0v) is 14.9. The Hall–Kier alpha value is -0.870. The highest BCUT2D eigenvalue weighted by Crippen LogP contribution is 2.59. The van der Waals surface area contributed by atoms with Crippen LogP contribution in [-0.4, -0.2) is 26.9 Å². The molecule has 0 aliphatic rings. The molecule has 0 aromatic heterocycles. The lowest BCUT2D eigenvalue weighted by atomic mass is 10.2. The summed E-state index contributed by atoms with van der Waals surface area (Å²) in [5.41, 5.74) is 0.877. The van der Waals surface area contributed by atoms with E-state index in [2.05, 4.69) is 12.2 Å². The molecule has 0 spiro atoms. The molecule has 1 aromatic rings. The number of nitrogens with one attached hydrogen (secondary N) is 1. The van der Waals surface area contributed by atoms with Crippen LogP contribution in [0.15, 0.2) is 24.3 Å². The second-order valence-electron chi connectivity index (χ2n) is 4.86. The smallest absolute Gasteiger partial charge is 0.351 e. The molecule has 0 radical (unpaired) electrons. The van der Waals surface area contributed by atoms with Crippen LogP contribution in [0.5, 0.6) is 5.75 Å². The van der Waals surface area contributed by atoms with Crippen LogP contribution in [-0.2, 0) is 13.6 Å². The quantitative estimate of drug-likeness (QED) is 0.483. The van der Waals surface area contributed by atoms with Crippen LogP contribution in [0, 0.1) is 0 Å². The van der Waals surface area contributed by atoms with Crippen LogP contribution in [0.4, 0.5) is 0 Å². The maximum atomic E-state index is 13.1. The summed E-state index contributed by atoms with van der Waals surface area (Å²) in [4.78, 5) is 0. The Morgan fingerprint density at radius 2 is 1.68 bits per heavy atom. The summed E-state index contributed by atoms with van der Waals surface area (Å²) >= 11 is 0. The van der Waals surface area contributed by atoms with Crippen LogP contribution in [0.1, 0.15) is 45.0 Å². The summed E-state index contributed by atoms with van der Waals surface area (Å²) in [5, 5.41) is 3.33. The van der Waals surface area contributed by atoms with Crippen molar-refractivity contribution in [2.75, 3.05) is 26.9 Å². The fraction of sp³-hybridized carbons (Fsp3) is 0.625. The van der Waals surface area contributed by atoms with Gasteiger partial charge in [-0.1, -0.05) is 25.5 Å². The van der Waals surface area contributed by atoms with Gasteiger partial charge in [0.15, 0.2) is 0 Å². The maximum Gasteiger partial charge on any atom is 0.351 e. The van der Waals surface area contributed by atoms with Gasteiger partial charge < -0.3 is 13.8 Å². The van der Waals surface area contributed by atoms with Gasteiger partial charge >= 0.3 is 7.60 Å². The van der Waals surface area contributed by atoms with Gasteiger partial charge in [-0.15, -0.1) is 0 Å². The number of ether oxygens (including phenoxy) is 1. The Bertz CT molecular complexity index is 454. The Kier molecular flexibility index (Phi) is 8.72. The number of hydrogen-bond acceptors (Lipinski definition) is 5. The first-order valence-corrected chi connectivity index (χ1v) is 9.48. The fourth-order valence-corrected chi connectivity index (χ4v) is 4.14. The summed E-state index contributed by atoms with van der Waals surface area (Å²) in [5.74, 6) is 0.295. The van der Waals surface area contributed by atoms with E-state index in [0.717, 1.165) is 30.7 Å². The lowest BCUT2D eigenvalue weighted by Crippen LogP contribution is -2.24. The first kappa shape index (κ1) is 19.2. The first-order chi connectivity index (χ1) is 10.6. The molecule has 1 N–H and O–H groups in total. The van der Waals surface area contributed by atoms with E-state index in [1.165, 1.54) is 0 Å². The highest BCUT2D eigenvalue weighted by Gasteiger charge is 2.36. The minimum absolute atomic E-state index is 0.347. The van der Waals surface area contributed by atoms with E-state index >= 15 is 0 Å². The number of methoxy groups -OCH3 is 1. The van der Waals surface area contributed by atoms with Crippen molar-refractivity contribution in [2.24, 2.45) is 0 Å². The maximum absolute atomic E-state index is 13.1. The van der Waals surface area contributed by atoms with E-state index in [0.29, 0.717) is 13.2 Å². The number of rotatable bonds is 11. The minimum atomic E-state index is -3.27. The molecule has 0 saturated carbocycles. The monoisotopic (exact) mass is 329 g/mol. The standard InChI is InChI=1S/C16H28NO4P/c1-5-8-13-17-16(22(18,20-6-2)21-7-3)14-9-11-15(19-4)12-10-14/h9-12,16-17H,5-8,13H2,1-4H3. The van der Waals surface area contributed by atoms with E-state index in [-0.39, 0.29) is 0 Å². The van der Waals surface area contributed by atoms with Crippen LogP contribution >= 0.6 is 7.60 Å². The van der Waals surface area contributed by atoms with Gasteiger partial charge in [-0.2, -0.15) is 0 Å². The lowest BCUT2D eigenvalue weighted by Gasteiger charge is -2.27. The molecule has 0 heterocycles.